The van der Waals surface area contributed by atoms with Gasteiger partial charge in [-0.1, -0.05) is 13.8 Å². The van der Waals surface area contributed by atoms with Crippen molar-refractivity contribution in [2.24, 2.45) is 5.92 Å². The summed E-state index contributed by atoms with van der Waals surface area (Å²) in [4.78, 5) is 40.1. The maximum Gasteiger partial charge on any atom is 0.349 e. The molecule has 0 amide bonds. The number of H-pyrrole nitrogens is 1. The Morgan fingerprint density at radius 1 is 1.18 bits per heavy atom. The molecule has 2 aromatic heterocycles. The summed E-state index contributed by atoms with van der Waals surface area (Å²) in [6.45, 7) is 13.6. The lowest BCUT2D eigenvalue weighted by Crippen LogP contribution is -2.16. The second-order valence-electron chi connectivity index (χ2n) is 8.35. The van der Waals surface area contributed by atoms with Crippen LogP contribution in [0.1, 0.15) is 69.8 Å². The van der Waals surface area contributed by atoms with E-state index in [-0.39, 0.29) is 17.9 Å². The molecule has 0 aliphatic rings. The van der Waals surface area contributed by atoms with Crippen molar-refractivity contribution in [3.63, 3.8) is 0 Å². The molecule has 8 nitrogen and oxygen atoms in total. The summed E-state index contributed by atoms with van der Waals surface area (Å²) < 4.78 is 12.3. The Hall–Kier alpha value is -3.60. The third-order valence-electron chi connectivity index (χ3n) is 5.33. The molecule has 0 bridgehead atoms. The lowest BCUT2D eigenvalue weighted by Gasteiger charge is -2.12. The van der Waals surface area contributed by atoms with Gasteiger partial charge in [0.1, 0.15) is 11.6 Å². The van der Waals surface area contributed by atoms with Crippen molar-refractivity contribution in [3.8, 4) is 6.07 Å². The molecule has 0 unspecified atom stereocenters. The van der Waals surface area contributed by atoms with Crippen molar-refractivity contribution in [1.82, 2.24) is 9.55 Å². The Morgan fingerprint density at radius 3 is 2.42 bits per heavy atom. The number of aryl methyl sites for hydroxylation is 2. The van der Waals surface area contributed by atoms with Crippen LogP contribution in [0.3, 0.4) is 0 Å². The highest BCUT2D eigenvalue weighted by Gasteiger charge is 2.24. The van der Waals surface area contributed by atoms with Crippen LogP contribution in [0.4, 0.5) is 0 Å². The number of ketones is 1. The monoisotopic (exact) mass is 453 g/mol. The summed E-state index contributed by atoms with van der Waals surface area (Å²) in [6.07, 6.45) is 1.48. The minimum atomic E-state index is -0.883. The first kappa shape index (κ1) is 25.7. The van der Waals surface area contributed by atoms with Crippen LogP contribution < -0.4 is 0 Å². The summed E-state index contributed by atoms with van der Waals surface area (Å²) in [5.74, 6) is -1.47. The van der Waals surface area contributed by atoms with Gasteiger partial charge in [0.25, 0.3) is 0 Å². The second kappa shape index (κ2) is 10.8. The molecule has 176 valence electrons. The van der Waals surface area contributed by atoms with Crippen LogP contribution >= 0.6 is 0 Å². The van der Waals surface area contributed by atoms with E-state index in [2.05, 4.69) is 23.4 Å². The number of nitriles is 1. The maximum atomic E-state index is 12.6. The van der Waals surface area contributed by atoms with Crippen molar-refractivity contribution < 1.29 is 23.9 Å². The summed E-state index contributed by atoms with van der Waals surface area (Å²) >= 11 is 0. The number of nitrogens with zero attached hydrogens (tertiary/aromatic N) is 2. The fourth-order valence-corrected chi connectivity index (χ4v) is 3.73. The average Bonchev–Trinajstić information content (AvgIpc) is 3.19. The van der Waals surface area contributed by atoms with E-state index in [0.717, 1.165) is 23.5 Å². The second-order valence-corrected chi connectivity index (χ2v) is 8.35. The molecule has 0 atom stereocenters. The average molecular weight is 454 g/mol. The van der Waals surface area contributed by atoms with Crippen molar-refractivity contribution in [1.29, 1.82) is 5.26 Å². The summed E-state index contributed by atoms with van der Waals surface area (Å²) in [5.41, 5.74) is 3.92. The first-order chi connectivity index (χ1) is 15.5. The molecule has 2 aromatic rings. The normalized spacial score (nSPS) is 11.4. The van der Waals surface area contributed by atoms with E-state index < -0.39 is 24.3 Å². The van der Waals surface area contributed by atoms with Gasteiger partial charge >= 0.3 is 11.9 Å². The molecule has 0 radical (unpaired) electrons. The highest BCUT2D eigenvalue weighted by Crippen LogP contribution is 2.21. The van der Waals surface area contributed by atoms with Crippen LogP contribution in [0.5, 0.6) is 0 Å². The lowest BCUT2D eigenvalue weighted by molar-refractivity contribution is -0.137. The number of rotatable bonds is 9. The zero-order valence-corrected chi connectivity index (χ0v) is 20.3. The van der Waals surface area contributed by atoms with Gasteiger partial charge in [-0.15, -0.1) is 0 Å². The van der Waals surface area contributed by atoms with Gasteiger partial charge in [-0.05, 0) is 63.8 Å². The number of ether oxygens (including phenoxy) is 2. The number of hydrogen-bond acceptors (Lipinski definition) is 6. The van der Waals surface area contributed by atoms with Crippen LogP contribution in [0.2, 0.25) is 0 Å². The molecule has 1 N–H and O–H groups in total. The standard InChI is InChI=1S/C25H31N3O5/c1-8-32-25(31)22-16(5)23(27-17(22)6)21(29)13-33-24(30)20(11-26)10-19-9-15(4)28(18(19)7)12-14(2)3/h9-10,14,27H,8,12-13H2,1-7H3. The third kappa shape index (κ3) is 5.80. The van der Waals surface area contributed by atoms with Gasteiger partial charge < -0.3 is 19.0 Å². The molecular formula is C25H31N3O5. The maximum absolute atomic E-state index is 12.6. The number of esters is 2. The SMILES string of the molecule is CCOC(=O)c1c(C)[nH]c(C(=O)COC(=O)C(C#N)=Cc2cc(C)n(CC(C)C)c2C)c1C. The predicted molar refractivity (Wildman–Crippen MR) is 124 cm³/mol. The highest BCUT2D eigenvalue weighted by atomic mass is 16.5. The molecule has 33 heavy (non-hydrogen) atoms. The minimum Gasteiger partial charge on any atom is -0.462 e. The van der Waals surface area contributed by atoms with Crippen molar-refractivity contribution in [2.45, 2.75) is 55.0 Å². The Morgan fingerprint density at radius 2 is 1.85 bits per heavy atom. The quantitative estimate of drug-likeness (QED) is 0.263. The molecule has 0 aliphatic carbocycles. The predicted octanol–water partition coefficient (Wildman–Crippen LogP) is 4.22. The fraction of sp³-hybridized carbons (Fsp3) is 0.440. The Labute approximate surface area is 194 Å². The molecule has 8 heteroatoms. The number of aromatic nitrogens is 2. The van der Waals surface area contributed by atoms with Gasteiger partial charge in [0.05, 0.1) is 17.9 Å². The van der Waals surface area contributed by atoms with Crippen LogP contribution in [0, 0.1) is 44.9 Å². The molecule has 0 spiro atoms. The van der Waals surface area contributed by atoms with Gasteiger partial charge in [0.2, 0.25) is 5.78 Å². The molecule has 0 aliphatic heterocycles. The lowest BCUT2D eigenvalue weighted by atomic mass is 10.1. The van der Waals surface area contributed by atoms with Gasteiger partial charge in [-0.3, -0.25) is 4.79 Å². The minimum absolute atomic E-state index is 0.170. The first-order valence-electron chi connectivity index (χ1n) is 10.9. The summed E-state index contributed by atoms with van der Waals surface area (Å²) in [6, 6.07) is 3.77. The third-order valence-corrected chi connectivity index (χ3v) is 5.33. The first-order valence-corrected chi connectivity index (χ1v) is 10.9. The fourth-order valence-electron chi connectivity index (χ4n) is 3.73. The molecule has 0 saturated carbocycles. The van der Waals surface area contributed by atoms with Crippen molar-refractivity contribution in [3.05, 3.63) is 51.1 Å². The number of hydrogen-bond donors (Lipinski definition) is 1. The summed E-state index contributed by atoms with van der Waals surface area (Å²) in [7, 11) is 0. The zero-order chi connectivity index (χ0) is 24.9. The Bertz CT molecular complexity index is 1140. The largest absolute Gasteiger partial charge is 0.462 e. The van der Waals surface area contributed by atoms with E-state index in [4.69, 9.17) is 9.47 Å². The van der Waals surface area contributed by atoms with Gasteiger partial charge in [0, 0.05) is 23.6 Å². The van der Waals surface area contributed by atoms with E-state index in [1.54, 1.807) is 20.8 Å². The van der Waals surface area contributed by atoms with Gasteiger partial charge in [-0.2, -0.15) is 5.26 Å². The number of carbonyl (C=O) groups is 3. The Balaban J connectivity index is 2.17. The number of carbonyl (C=O) groups excluding carboxylic acids is 3. The molecule has 2 heterocycles. The van der Waals surface area contributed by atoms with E-state index in [9.17, 15) is 19.6 Å². The van der Waals surface area contributed by atoms with Crippen LogP contribution in [-0.2, 0) is 20.8 Å². The molecule has 0 aromatic carbocycles. The molecule has 0 saturated heterocycles. The number of nitrogens with one attached hydrogen (secondary N) is 1. The van der Waals surface area contributed by atoms with E-state index in [0.29, 0.717) is 22.7 Å². The van der Waals surface area contributed by atoms with Gasteiger partial charge in [0.15, 0.2) is 6.61 Å². The molecule has 0 fully saturated rings. The van der Waals surface area contributed by atoms with E-state index in [1.807, 2.05) is 26.0 Å². The summed E-state index contributed by atoms with van der Waals surface area (Å²) in [5, 5.41) is 9.48. The molecular weight excluding hydrogens is 422 g/mol. The van der Waals surface area contributed by atoms with Crippen LogP contribution in [-0.4, -0.2) is 40.5 Å². The van der Waals surface area contributed by atoms with E-state index in [1.165, 1.54) is 6.08 Å². The topological polar surface area (TPSA) is 114 Å². The van der Waals surface area contributed by atoms with Crippen molar-refractivity contribution >= 4 is 23.8 Å². The smallest absolute Gasteiger partial charge is 0.349 e. The van der Waals surface area contributed by atoms with Crippen molar-refractivity contribution in [2.75, 3.05) is 13.2 Å². The Kier molecular flexibility index (Phi) is 8.41. The van der Waals surface area contributed by atoms with Crippen LogP contribution in [0.15, 0.2) is 11.6 Å². The molecule has 2 rings (SSSR count). The van der Waals surface area contributed by atoms with E-state index >= 15 is 0 Å². The number of aromatic amines is 1. The zero-order valence-electron chi connectivity index (χ0n) is 20.3. The van der Waals surface area contributed by atoms with Crippen LogP contribution in [0.25, 0.3) is 6.08 Å². The number of Topliss-reactive ketones (excluding diaryl/α,β-unsaturated/α-hetero) is 1. The highest BCUT2D eigenvalue weighted by molar-refractivity contribution is 6.04. The van der Waals surface area contributed by atoms with Gasteiger partial charge in [-0.25, -0.2) is 9.59 Å².